The van der Waals surface area contributed by atoms with Gasteiger partial charge in [0.2, 0.25) is 0 Å². The van der Waals surface area contributed by atoms with Gasteiger partial charge in [0, 0.05) is 29.5 Å². The van der Waals surface area contributed by atoms with Gasteiger partial charge in [-0.2, -0.15) is 5.10 Å². The molecule has 0 saturated heterocycles. The lowest BCUT2D eigenvalue weighted by atomic mass is 10.3. The second-order valence-corrected chi connectivity index (χ2v) is 5.53. The van der Waals surface area contributed by atoms with Gasteiger partial charge < -0.3 is 10.1 Å². The Kier molecular flexibility index (Phi) is 4.21. The zero-order chi connectivity index (χ0) is 13.8. The van der Waals surface area contributed by atoms with Crippen LogP contribution in [0.5, 0.6) is 0 Å². The quantitative estimate of drug-likeness (QED) is 0.852. The first-order valence-electron chi connectivity index (χ1n) is 5.97. The summed E-state index contributed by atoms with van der Waals surface area (Å²) in [4.78, 5) is 13.4. The van der Waals surface area contributed by atoms with Crippen molar-refractivity contribution < 1.29 is 9.53 Å². The number of thiophene rings is 1. The Bertz CT molecular complexity index is 574. The van der Waals surface area contributed by atoms with Crippen molar-refractivity contribution in [3.8, 4) is 0 Å². The average Bonchev–Trinajstić information content (AvgIpc) is 2.93. The molecule has 6 heteroatoms. The van der Waals surface area contributed by atoms with Crippen LogP contribution in [0, 0.1) is 6.92 Å². The van der Waals surface area contributed by atoms with Crippen molar-refractivity contribution in [2.45, 2.75) is 19.9 Å². The minimum atomic E-state index is -0.204. The van der Waals surface area contributed by atoms with E-state index >= 15 is 0 Å². The molecule has 2 aromatic heterocycles. The standard InChI is InChI=1S/C13H17N3O2S/c1-9-12(8-16(2)15-9)14-7-11-5-4-10(19-11)6-13(17)18-3/h4-5,8,14H,6-7H2,1-3H3. The first-order valence-corrected chi connectivity index (χ1v) is 6.78. The molecule has 0 aromatic carbocycles. The molecule has 5 nitrogen and oxygen atoms in total. The Morgan fingerprint density at radius 2 is 2.21 bits per heavy atom. The number of nitrogens with zero attached hydrogens (tertiary/aromatic N) is 2. The molecule has 1 N–H and O–H groups in total. The highest BCUT2D eigenvalue weighted by Gasteiger charge is 2.07. The van der Waals surface area contributed by atoms with E-state index in [0.29, 0.717) is 6.42 Å². The number of esters is 1. The van der Waals surface area contributed by atoms with Crippen LogP contribution in [0.25, 0.3) is 0 Å². The van der Waals surface area contributed by atoms with Crippen LogP contribution < -0.4 is 5.32 Å². The van der Waals surface area contributed by atoms with Crippen molar-refractivity contribution in [3.63, 3.8) is 0 Å². The van der Waals surface area contributed by atoms with E-state index < -0.39 is 0 Å². The summed E-state index contributed by atoms with van der Waals surface area (Å²) >= 11 is 1.62. The van der Waals surface area contributed by atoms with Gasteiger partial charge in [0.15, 0.2) is 0 Å². The SMILES string of the molecule is COC(=O)Cc1ccc(CNc2cn(C)nc2C)s1. The molecule has 0 aliphatic carbocycles. The van der Waals surface area contributed by atoms with Crippen molar-refractivity contribution in [3.05, 3.63) is 33.8 Å². The summed E-state index contributed by atoms with van der Waals surface area (Å²) in [6, 6.07) is 4.00. The predicted octanol–water partition coefficient (Wildman–Crippen LogP) is 2.12. The minimum absolute atomic E-state index is 0.204. The number of hydrogen-bond acceptors (Lipinski definition) is 5. The van der Waals surface area contributed by atoms with Crippen LogP contribution in [0.1, 0.15) is 15.4 Å². The lowest BCUT2D eigenvalue weighted by Gasteiger charge is -2.01. The summed E-state index contributed by atoms with van der Waals surface area (Å²) < 4.78 is 6.44. The number of nitrogens with one attached hydrogen (secondary N) is 1. The highest BCUT2D eigenvalue weighted by Crippen LogP contribution is 2.20. The van der Waals surface area contributed by atoms with E-state index in [-0.39, 0.29) is 5.97 Å². The number of carbonyl (C=O) groups excluding carboxylic acids is 1. The highest BCUT2D eigenvalue weighted by molar-refractivity contribution is 7.12. The molecule has 0 amide bonds. The van der Waals surface area contributed by atoms with Crippen molar-refractivity contribution >= 4 is 23.0 Å². The molecule has 0 unspecified atom stereocenters. The molecule has 2 heterocycles. The third-order valence-electron chi connectivity index (χ3n) is 2.73. The van der Waals surface area contributed by atoms with Crippen LogP contribution in [-0.2, 0) is 29.5 Å². The Morgan fingerprint density at radius 1 is 1.47 bits per heavy atom. The lowest BCUT2D eigenvalue weighted by molar-refractivity contribution is -0.139. The normalized spacial score (nSPS) is 10.5. The number of methoxy groups -OCH3 is 1. The van der Waals surface area contributed by atoms with Crippen molar-refractivity contribution in [1.82, 2.24) is 9.78 Å². The van der Waals surface area contributed by atoms with E-state index in [2.05, 4.69) is 15.2 Å². The average molecular weight is 279 g/mol. The van der Waals surface area contributed by atoms with Crippen molar-refractivity contribution in [1.29, 1.82) is 0 Å². The third-order valence-corrected chi connectivity index (χ3v) is 3.82. The zero-order valence-corrected chi connectivity index (χ0v) is 12.1. The first-order chi connectivity index (χ1) is 9.08. The number of aryl methyl sites for hydroxylation is 2. The van der Waals surface area contributed by atoms with E-state index in [0.717, 1.165) is 22.8 Å². The van der Waals surface area contributed by atoms with Crippen LogP contribution in [0.2, 0.25) is 0 Å². The van der Waals surface area contributed by atoms with Gasteiger partial charge in [-0.25, -0.2) is 0 Å². The van der Waals surface area contributed by atoms with Gasteiger partial charge in [0.05, 0.1) is 24.9 Å². The summed E-state index contributed by atoms with van der Waals surface area (Å²) in [6.07, 6.45) is 2.30. The predicted molar refractivity (Wildman–Crippen MR) is 75.3 cm³/mol. The summed E-state index contributed by atoms with van der Waals surface area (Å²) in [7, 11) is 3.31. The van der Waals surface area contributed by atoms with Crippen LogP contribution >= 0.6 is 11.3 Å². The van der Waals surface area contributed by atoms with Gasteiger partial charge in [0.1, 0.15) is 0 Å². The van der Waals surface area contributed by atoms with Crippen molar-refractivity contribution in [2.24, 2.45) is 7.05 Å². The zero-order valence-electron chi connectivity index (χ0n) is 11.3. The molecule has 0 atom stereocenters. The van der Waals surface area contributed by atoms with Gasteiger partial charge >= 0.3 is 5.97 Å². The van der Waals surface area contributed by atoms with Gasteiger partial charge in [0.25, 0.3) is 0 Å². The van der Waals surface area contributed by atoms with Crippen LogP contribution in [0.4, 0.5) is 5.69 Å². The molecule has 102 valence electrons. The monoisotopic (exact) mass is 279 g/mol. The smallest absolute Gasteiger partial charge is 0.310 e. The van der Waals surface area contributed by atoms with E-state index in [1.54, 1.807) is 16.0 Å². The summed E-state index contributed by atoms with van der Waals surface area (Å²) in [6.45, 7) is 2.71. The fraction of sp³-hybridized carbons (Fsp3) is 0.385. The molecule has 0 saturated carbocycles. The fourth-order valence-electron chi connectivity index (χ4n) is 1.78. The molecule has 0 aliphatic rings. The van der Waals surface area contributed by atoms with E-state index in [1.165, 1.54) is 12.0 Å². The summed E-state index contributed by atoms with van der Waals surface area (Å²) in [5.74, 6) is -0.204. The number of hydrogen-bond donors (Lipinski definition) is 1. The van der Waals surface area contributed by atoms with E-state index in [4.69, 9.17) is 0 Å². The highest BCUT2D eigenvalue weighted by atomic mass is 32.1. The molecular weight excluding hydrogens is 262 g/mol. The molecule has 2 aromatic rings. The first kappa shape index (κ1) is 13.6. The van der Waals surface area contributed by atoms with Gasteiger partial charge in [-0.3, -0.25) is 9.48 Å². The Morgan fingerprint density at radius 3 is 2.84 bits per heavy atom. The maximum Gasteiger partial charge on any atom is 0.310 e. The van der Waals surface area contributed by atoms with Crippen LogP contribution in [-0.4, -0.2) is 22.9 Å². The number of rotatable bonds is 5. The number of ether oxygens (including phenoxy) is 1. The molecule has 19 heavy (non-hydrogen) atoms. The fourth-order valence-corrected chi connectivity index (χ4v) is 2.73. The van der Waals surface area contributed by atoms with Crippen molar-refractivity contribution in [2.75, 3.05) is 12.4 Å². The Hall–Kier alpha value is -1.82. The molecule has 0 aliphatic heterocycles. The lowest BCUT2D eigenvalue weighted by Crippen LogP contribution is -2.02. The second kappa shape index (κ2) is 5.88. The molecule has 0 fully saturated rings. The Balaban J connectivity index is 1.93. The maximum atomic E-state index is 11.2. The maximum absolute atomic E-state index is 11.2. The molecule has 0 radical (unpaired) electrons. The second-order valence-electron chi connectivity index (χ2n) is 4.28. The number of anilines is 1. The van der Waals surface area contributed by atoms with Gasteiger partial charge in [-0.05, 0) is 19.1 Å². The number of carbonyl (C=O) groups is 1. The van der Waals surface area contributed by atoms with Crippen LogP contribution in [0.15, 0.2) is 18.3 Å². The van der Waals surface area contributed by atoms with E-state index in [1.807, 2.05) is 32.3 Å². The molecule has 2 rings (SSSR count). The minimum Gasteiger partial charge on any atom is -0.469 e. The van der Waals surface area contributed by atoms with Gasteiger partial charge in [-0.1, -0.05) is 0 Å². The molecular formula is C13H17N3O2S. The van der Waals surface area contributed by atoms with Crippen LogP contribution in [0.3, 0.4) is 0 Å². The molecule has 0 spiro atoms. The van der Waals surface area contributed by atoms with Gasteiger partial charge in [-0.15, -0.1) is 11.3 Å². The molecule has 0 bridgehead atoms. The summed E-state index contributed by atoms with van der Waals surface area (Å²) in [5.41, 5.74) is 2.01. The summed E-state index contributed by atoms with van der Waals surface area (Å²) in [5, 5.41) is 7.62. The largest absolute Gasteiger partial charge is 0.469 e. The van der Waals surface area contributed by atoms with E-state index in [9.17, 15) is 4.79 Å². The Labute approximate surface area is 116 Å². The topological polar surface area (TPSA) is 56.1 Å². The number of aromatic nitrogens is 2. The third kappa shape index (κ3) is 3.57.